The van der Waals surface area contributed by atoms with Crippen LogP contribution in [0.15, 0.2) is 42.7 Å². The van der Waals surface area contributed by atoms with Gasteiger partial charge in [0.05, 0.1) is 12.2 Å². The van der Waals surface area contributed by atoms with Crippen LogP contribution < -0.4 is 9.47 Å². The number of fused-ring (bicyclic) bond motifs is 1. The Balaban J connectivity index is 1.43. The fourth-order valence-electron chi connectivity index (χ4n) is 3.45. The molecule has 2 aliphatic rings. The number of benzene rings is 1. The zero-order valence-electron chi connectivity index (χ0n) is 15.9. The summed E-state index contributed by atoms with van der Waals surface area (Å²) in [6.07, 6.45) is 6.05. The van der Waals surface area contributed by atoms with Gasteiger partial charge < -0.3 is 9.47 Å². The molecule has 7 heteroatoms. The van der Waals surface area contributed by atoms with Crippen LogP contribution in [-0.2, 0) is 13.1 Å². The smallest absolute Gasteiger partial charge is 0.163 e. The molecule has 1 aliphatic heterocycles. The van der Waals surface area contributed by atoms with Gasteiger partial charge in [0.2, 0.25) is 0 Å². The molecule has 2 aromatic heterocycles. The van der Waals surface area contributed by atoms with Crippen LogP contribution in [-0.4, -0.2) is 44.9 Å². The molecule has 0 N–H and O–H groups in total. The standard InChI is InChI=1S/C21H23N5O2/c1-25(13-15-3-2-8-22-12-15)14-20-23-21(16-4-5-16)24-26(20)17-6-7-18-19(11-17)28-10-9-27-18/h2-3,6-8,11-12,16H,4-5,9-10,13-14H2,1H3. The van der Waals surface area contributed by atoms with Gasteiger partial charge in [-0.3, -0.25) is 9.88 Å². The first-order valence-corrected chi connectivity index (χ1v) is 9.69. The minimum Gasteiger partial charge on any atom is -0.486 e. The predicted octanol–water partition coefficient (Wildman–Crippen LogP) is 2.94. The van der Waals surface area contributed by atoms with Crippen molar-refractivity contribution in [2.75, 3.05) is 20.3 Å². The van der Waals surface area contributed by atoms with Crippen molar-refractivity contribution in [3.8, 4) is 17.2 Å². The maximum absolute atomic E-state index is 5.75. The zero-order chi connectivity index (χ0) is 18.9. The van der Waals surface area contributed by atoms with Gasteiger partial charge in [-0.2, -0.15) is 5.10 Å². The van der Waals surface area contributed by atoms with Crippen LogP contribution in [0.1, 0.15) is 36.0 Å². The molecular weight excluding hydrogens is 354 g/mol. The molecule has 5 rings (SSSR count). The average molecular weight is 377 g/mol. The van der Waals surface area contributed by atoms with Crippen molar-refractivity contribution >= 4 is 0 Å². The van der Waals surface area contributed by atoms with Crippen molar-refractivity contribution in [3.05, 3.63) is 59.9 Å². The van der Waals surface area contributed by atoms with Crippen LogP contribution in [0.3, 0.4) is 0 Å². The largest absolute Gasteiger partial charge is 0.486 e. The van der Waals surface area contributed by atoms with Crippen molar-refractivity contribution < 1.29 is 9.47 Å². The van der Waals surface area contributed by atoms with E-state index in [0.29, 0.717) is 25.7 Å². The topological polar surface area (TPSA) is 65.3 Å². The van der Waals surface area contributed by atoms with Crippen molar-refractivity contribution in [1.82, 2.24) is 24.6 Å². The number of pyridine rings is 1. The second-order valence-electron chi connectivity index (χ2n) is 7.43. The first kappa shape index (κ1) is 17.2. The molecule has 144 valence electrons. The van der Waals surface area contributed by atoms with Gasteiger partial charge in [0.1, 0.15) is 19.0 Å². The summed E-state index contributed by atoms with van der Waals surface area (Å²) in [6.45, 7) is 2.66. The summed E-state index contributed by atoms with van der Waals surface area (Å²) in [5.41, 5.74) is 2.13. The van der Waals surface area contributed by atoms with Crippen LogP contribution in [0.4, 0.5) is 0 Å². The average Bonchev–Trinajstić information content (AvgIpc) is 3.49. The molecule has 1 fully saturated rings. The molecule has 28 heavy (non-hydrogen) atoms. The van der Waals surface area contributed by atoms with Gasteiger partial charge >= 0.3 is 0 Å². The highest BCUT2D eigenvalue weighted by Gasteiger charge is 2.29. The molecule has 0 bridgehead atoms. The van der Waals surface area contributed by atoms with E-state index in [1.54, 1.807) is 6.20 Å². The Labute approximate surface area is 163 Å². The normalized spacial score (nSPS) is 15.8. The Bertz CT molecular complexity index is 968. The van der Waals surface area contributed by atoms with E-state index in [9.17, 15) is 0 Å². The summed E-state index contributed by atoms with van der Waals surface area (Å²) >= 11 is 0. The summed E-state index contributed by atoms with van der Waals surface area (Å²) < 4.78 is 13.3. The molecule has 0 radical (unpaired) electrons. The molecule has 0 atom stereocenters. The van der Waals surface area contributed by atoms with Crippen molar-refractivity contribution in [2.24, 2.45) is 0 Å². The van der Waals surface area contributed by atoms with E-state index in [4.69, 9.17) is 19.6 Å². The molecule has 3 aromatic rings. The Morgan fingerprint density at radius 3 is 2.75 bits per heavy atom. The number of ether oxygens (including phenoxy) is 2. The van der Waals surface area contributed by atoms with Gasteiger partial charge in [-0.1, -0.05) is 6.07 Å². The minimum absolute atomic E-state index is 0.501. The van der Waals surface area contributed by atoms with E-state index in [1.165, 1.54) is 18.4 Å². The molecule has 0 amide bonds. The van der Waals surface area contributed by atoms with Crippen LogP contribution >= 0.6 is 0 Å². The Morgan fingerprint density at radius 2 is 1.96 bits per heavy atom. The van der Waals surface area contributed by atoms with E-state index in [0.717, 1.165) is 35.4 Å². The van der Waals surface area contributed by atoms with Gasteiger partial charge in [0.25, 0.3) is 0 Å². The lowest BCUT2D eigenvalue weighted by atomic mass is 10.2. The Kier molecular flexibility index (Phi) is 4.44. The SMILES string of the molecule is CN(Cc1cccnc1)Cc1nc(C2CC2)nn1-c1ccc2c(c1)OCCO2. The van der Waals surface area contributed by atoms with Crippen LogP contribution in [0, 0.1) is 0 Å². The number of nitrogens with zero attached hydrogens (tertiary/aromatic N) is 5. The molecule has 0 saturated heterocycles. The van der Waals surface area contributed by atoms with Crippen LogP contribution in [0.5, 0.6) is 11.5 Å². The quantitative estimate of drug-likeness (QED) is 0.658. The monoisotopic (exact) mass is 377 g/mol. The summed E-state index contributed by atoms with van der Waals surface area (Å²) in [5, 5.41) is 4.82. The van der Waals surface area contributed by atoms with Gasteiger partial charge in [0.15, 0.2) is 17.3 Å². The summed E-state index contributed by atoms with van der Waals surface area (Å²) in [6, 6.07) is 10.0. The molecule has 0 spiro atoms. The van der Waals surface area contributed by atoms with E-state index in [2.05, 4.69) is 23.0 Å². The maximum atomic E-state index is 5.75. The lowest BCUT2D eigenvalue weighted by molar-refractivity contribution is 0.171. The lowest BCUT2D eigenvalue weighted by Gasteiger charge is -2.20. The van der Waals surface area contributed by atoms with Gasteiger partial charge in [-0.25, -0.2) is 9.67 Å². The lowest BCUT2D eigenvalue weighted by Crippen LogP contribution is -2.20. The van der Waals surface area contributed by atoms with Crippen LogP contribution in [0.2, 0.25) is 0 Å². The van der Waals surface area contributed by atoms with E-state index in [-0.39, 0.29) is 0 Å². The Hall–Kier alpha value is -2.93. The summed E-state index contributed by atoms with van der Waals surface area (Å²) in [4.78, 5) is 11.3. The third-order valence-electron chi connectivity index (χ3n) is 4.99. The van der Waals surface area contributed by atoms with Crippen molar-refractivity contribution in [1.29, 1.82) is 0 Å². The molecule has 1 aliphatic carbocycles. The highest BCUT2D eigenvalue weighted by Crippen LogP contribution is 2.39. The van der Waals surface area contributed by atoms with E-state index >= 15 is 0 Å². The van der Waals surface area contributed by atoms with Gasteiger partial charge in [-0.05, 0) is 43.7 Å². The number of rotatable bonds is 6. The van der Waals surface area contributed by atoms with Crippen molar-refractivity contribution in [3.63, 3.8) is 0 Å². The molecule has 7 nitrogen and oxygen atoms in total. The Morgan fingerprint density at radius 1 is 1.11 bits per heavy atom. The molecule has 0 unspecified atom stereocenters. The highest BCUT2D eigenvalue weighted by molar-refractivity contribution is 5.49. The molecule has 3 heterocycles. The zero-order valence-corrected chi connectivity index (χ0v) is 15.9. The second-order valence-corrected chi connectivity index (χ2v) is 7.43. The van der Waals surface area contributed by atoms with Crippen molar-refractivity contribution in [2.45, 2.75) is 31.8 Å². The second kappa shape index (κ2) is 7.24. The number of aromatic nitrogens is 4. The third-order valence-corrected chi connectivity index (χ3v) is 4.99. The third kappa shape index (κ3) is 3.57. The summed E-state index contributed by atoms with van der Waals surface area (Å²) in [5.74, 6) is 3.93. The van der Waals surface area contributed by atoms with E-state index in [1.807, 2.05) is 35.1 Å². The predicted molar refractivity (Wildman–Crippen MR) is 104 cm³/mol. The van der Waals surface area contributed by atoms with Crippen LogP contribution in [0.25, 0.3) is 5.69 Å². The van der Waals surface area contributed by atoms with Gasteiger partial charge in [0, 0.05) is 30.9 Å². The first-order chi connectivity index (χ1) is 13.8. The number of hydrogen-bond acceptors (Lipinski definition) is 6. The fourth-order valence-corrected chi connectivity index (χ4v) is 3.45. The summed E-state index contributed by atoms with van der Waals surface area (Å²) in [7, 11) is 2.09. The number of hydrogen-bond donors (Lipinski definition) is 0. The highest BCUT2D eigenvalue weighted by atomic mass is 16.6. The minimum atomic E-state index is 0.501. The maximum Gasteiger partial charge on any atom is 0.163 e. The first-order valence-electron chi connectivity index (χ1n) is 9.69. The molecule has 1 aromatic carbocycles. The molecule has 1 saturated carbocycles. The fraction of sp³-hybridized carbons (Fsp3) is 0.381. The molecular formula is C21H23N5O2. The van der Waals surface area contributed by atoms with Gasteiger partial charge in [-0.15, -0.1) is 0 Å². The van der Waals surface area contributed by atoms with E-state index < -0.39 is 0 Å².